The maximum Gasteiger partial charge on any atom is 0.226 e. The third-order valence-corrected chi connectivity index (χ3v) is 16.6. The lowest BCUT2D eigenvalue weighted by molar-refractivity contribution is -0.140. The number of rotatable bonds is 14. The maximum atomic E-state index is 12.9. The van der Waals surface area contributed by atoms with E-state index in [0.717, 1.165) is 137 Å². The summed E-state index contributed by atoms with van der Waals surface area (Å²) in [5.74, 6) is 1.13. The fraction of sp³-hybridized carbons (Fsp3) is 0.667. The molecule has 12 nitrogen and oxygen atoms in total. The van der Waals surface area contributed by atoms with Gasteiger partial charge in [-0.25, -0.2) is 0 Å². The van der Waals surface area contributed by atoms with Crippen LogP contribution in [0.3, 0.4) is 0 Å². The highest BCUT2D eigenvalue weighted by molar-refractivity contribution is 6.31. The van der Waals surface area contributed by atoms with Gasteiger partial charge in [0, 0.05) is 151 Å². The summed E-state index contributed by atoms with van der Waals surface area (Å²) in [7, 11) is 3.59. The minimum absolute atomic E-state index is 0.0801. The van der Waals surface area contributed by atoms with E-state index in [1.54, 1.807) is 23.9 Å². The summed E-state index contributed by atoms with van der Waals surface area (Å²) < 4.78 is 0. The normalized spacial score (nSPS) is 24.3. The Kier molecular flexibility index (Phi) is 17.9. The number of likely N-dealkylation sites (tertiary alicyclic amines) is 2. The molecule has 0 aromatic heterocycles. The predicted molar refractivity (Wildman–Crippen MR) is 267 cm³/mol. The summed E-state index contributed by atoms with van der Waals surface area (Å²) in [6.07, 6.45) is 11.6. The molecule has 0 spiro atoms. The molecule has 68 heavy (non-hydrogen) atoms. The standard InChI is InChI=1S/2C27H38ClN3O3/c2*1-18-16-30(10-11-31(18)27(34)20-6-4-5-7-20)17-23-13-24(28)12-22(19(23)2)15-25(32)14-21-8-9-29(3)26(21)33/h2*12-13,18,20-21H,4-11,14-17H2,1-3H3/t18-,21+;18-,21-/m00/s1. The lowest BCUT2D eigenvalue weighted by Gasteiger charge is -2.41. The molecule has 372 valence electrons. The van der Waals surface area contributed by atoms with Crippen LogP contribution in [0.25, 0.3) is 0 Å². The molecule has 4 atom stereocenters. The fourth-order valence-electron chi connectivity index (χ4n) is 11.9. The molecule has 14 heteroatoms. The van der Waals surface area contributed by atoms with Crippen molar-refractivity contribution in [3.05, 3.63) is 67.7 Å². The van der Waals surface area contributed by atoms with Crippen molar-refractivity contribution in [2.24, 2.45) is 23.7 Å². The first-order valence-corrected chi connectivity index (χ1v) is 26.4. The summed E-state index contributed by atoms with van der Waals surface area (Å²) >= 11 is 12.9. The quantitative estimate of drug-likeness (QED) is 0.189. The Hall–Kier alpha value is -3.84. The minimum atomic E-state index is -0.179. The number of Topliss-reactive ketones (excluding diaryl/α,β-unsaturated/α-hetero) is 2. The van der Waals surface area contributed by atoms with Gasteiger partial charge in [-0.3, -0.25) is 38.6 Å². The van der Waals surface area contributed by atoms with Gasteiger partial charge in [0.15, 0.2) is 0 Å². The van der Waals surface area contributed by atoms with Crippen LogP contribution in [-0.2, 0) is 54.7 Å². The molecule has 4 heterocycles. The Morgan fingerprint density at radius 3 is 1.21 bits per heavy atom. The van der Waals surface area contributed by atoms with Crippen molar-refractivity contribution in [2.45, 2.75) is 143 Å². The van der Waals surface area contributed by atoms with Gasteiger partial charge >= 0.3 is 0 Å². The number of amides is 4. The second-order valence-corrected chi connectivity index (χ2v) is 22.1. The van der Waals surface area contributed by atoms with Gasteiger partial charge in [-0.2, -0.15) is 0 Å². The number of carbonyl (C=O) groups is 6. The van der Waals surface area contributed by atoms with Gasteiger partial charge in [-0.1, -0.05) is 48.9 Å². The van der Waals surface area contributed by atoms with E-state index < -0.39 is 0 Å². The highest BCUT2D eigenvalue weighted by Gasteiger charge is 2.36. The molecule has 4 saturated heterocycles. The van der Waals surface area contributed by atoms with Gasteiger partial charge in [-0.05, 0) is 124 Å². The summed E-state index contributed by atoms with van der Waals surface area (Å²) in [6.45, 7) is 16.3. The zero-order valence-electron chi connectivity index (χ0n) is 41.6. The van der Waals surface area contributed by atoms with Crippen molar-refractivity contribution in [1.82, 2.24) is 29.4 Å². The number of hydrogen-bond acceptors (Lipinski definition) is 8. The Bertz CT molecular complexity index is 2040. The SMILES string of the molecule is Cc1c(CC(=O)C[C@@H]2CCN(C)C2=O)cc(Cl)cc1CN1CCN(C(=O)C2CCCC2)[C@@H](C)C1.Cc1c(CC(=O)C[C@H]2CCN(C)C2=O)cc(Cl)cc1CN1CCN(C(=O)C2CCCC2)[C@@H](C)C1. The Morgan fingerprint density at radius 1 is 0.529 bits per heavy atom. The summed E-state index contributed by atoms with van der Waals surface area (Å²) in [4.78, 5) is 88.1. The Labute approximate surface area is 415 Å². The van der Waals surface area contributed by atoms with E-state index in [-0.39, 0.29) is 59.1 Å². The van der Waals surface area contributed by atoms with Crippen molar-refractivity contribution >= 4 is 58.4 Å². The lowest BCUT2D eigenvalue weighted by atomic mass is 9.93. The highest BCUT2D eigenvalue weighted by Crippen LogP contribution is 2.32. The second-order valence-electron chi connectivity index (χ2n) is 21.2. The molecule has 2 saturated carbocycles. The van der Waals surface area contributed by atoms with Gasteiger partial charge in [-0.15, -0.1) is 0 Å². The molecule has 2 aromatic carbocycles. The number of hydrogen-bond donors (Lipinski definition) is 0. The van der Waals surface area contributed by atoms with Crippen LogP contribution in [0.1, 0.15) is 124 Å². The Balaban J connectivity index is 0.000000201. The molecule has 6 aliphatic rings. The van der Waals surface area contributed by atoms with E-state index in [9.17, 15) is 28.8 Å². The largest absolute Gasteiger partial charge is 0.345 e. The minimum Gasteiger partial charge on any atom is -0.345 e. The zero-order chi connectivity index (χ0) is 48.8. The monoisotopic (exact) mass is 975 g/mol. The molecular weight excluding hydrogens is 900 g/mol. The van der Waals surface area contributed by atoms with Crippen molar-refractivity contribution in [1.29, 1.82) is 0 Å². The van der Waals surface area contributed by atoms with Crippen molar-refractivity contribution in [3.8, 4) is 0 Å². The number of halogens is 2. The molecule has 0 unspecified atom stereocenters. The number of nitrogens with zero attached hydrogens (tertiary/aromatic N) is 6. The first kappa shape index (κ1) is 52.0. The third kappa shape index (κ3) is 12.9. The average molecular weight is 976 g/mol. The topological polar surface area (TPSA) is 122 Å². The van der Waals surface area contributed by atoms with E-state index in [2.05, 4.69) is 47.3 Å². The van der Waals surface area contributed by atoms with Crippen LogP contribution in [-0.4, -0.2) is 143 Å². The molecule has 4 amide bonds. The molecule has 6 fully saturated rings. The summed E-state index contributed by atoms with van der Waals surface area (Å²) in [5.41, 5.74) is 6.38. The lowest BCUT2D eigenvalue weighted by Crippen LogP contribution is -2.54. The van der Waals surface area contributed by atoms with Gasteiger partial charge in [0.05, 0.1) is 0 Å². The number of carbonyl (C=O) groups excluding carboxylic acids is 6. The van der Waals surface area contributed by atoms with Crippen LogP contribution in [0.4, 0.5) is 0 Å². The summed E-state index contributed by atoms with van der Waals surface area (Å²) in [6, 6.07) is 8.18. The number of ketones is 2. The predicted octanol–water partition coefficient (Wildman–Crippen LogP) is 7.70. The smallest absolute Gasteiger partial charge is 0.226 e. The summed E-state index contributed by atoms with van der Waals surface area (Å²) in [5, 5.41) is 1.28. The molecule has 8 rings (SSSR count). The van der Waals surface area contributed by atoms with Crippen LogP contribution in [0.2, 0.25) is 10.0 Å². The van der Waals surface area contributed by atoms with Crippen molar-refractivity contribution < 1.29 is 28.8 Å². The highest BCUT2D eigenvalue weighted by atomic mass is 35.5. The Morgan fingerprint density at radius 2 is 0.882 bits per heavy atom. The molecule has 4 aliphatic heterocycles. The first-order valence-electron chi connectivity index (χ1n) is 25.6. The van der Waals surface area contributed by atoms with Gasteiger partial charge in [0.2, 0.25) is 23.6 Å². The van der Waals surface area contributed by atoms with Gasteiger partial charge in [0.1, 0.15) is 11.6 Å². The van der Waals surface area contributed by atoms with E-state index in [0.29, 0.717) is 47.5 Å². The van der Waals surface area contributed by atoms with E-state index in [1.165, 1.54) is 25.7 Å². The molecule has 0 N–H and O–H groups in total. The number of benzene rings is 2. The van der Waals surface area contributed by atoms with Crippen LogP contribution in [0.5, 0.6) is 0 Å². The molecule has 2 aromatic rings. The van der Waals surface area contributed by atoms with Gasteiger partial charge < -0.3 is 19.6 Å². The molecular formula is C54H76Cl2N6O6. The molecule has 0 bridgehead atoms. The van der Waals surface area contributed by atoms with Crippen LogP contribution in [0.15, 0.2) is 24.3 Å². The van der Waals surface area contributed by atoms with Crippen LogP contribution < -0.4 is 0 Å². The van der Waals surface area contributed by atoms with E-state index in [1.807, 2.05) is 24.3 Å². The van der Waals surface area contributed by atoms with Crippen molar-refractivity contribution in [2.75, 3.05) is 66.5 Å². The van der Waals surface area contributed by atoms with Crippen LogP contribution in [0, 0.1) is 37.5 Å². The number of piperazine rings is 2. The third-order valence-electron chi connectivity index (χ3n) is 16.2. The second kappa shape index (κ2) is 23.4. The average Bonchev–Trinajstić information content (AvgIpc) is 4.14. The van der Waals surface area contributed by atoms with Crippen molar-refractivity contribution in [3.63, 3.8) is 0 Å². The fourth-order valence-corrected chi connectivity index (χ4v) is 12.4. The first-order chi connectivity index (χ1) is 32.4. The zero-order valence-corrected chi connectivity index (χ0v) is 43.1. The molecule has 2 aliphatic carbocycles. The van der Waals surface area contributed by atoms with Gasteiger partial charge in [0.25, 0.3) is 0 Å². The van der Waals surface area contributed by atoms with Crippen LogP contribution >= 0.6 is 23.2 Å². The molecule has 0 radical (unpaired) electrons. The maximum absolute atomic E-state index is 12.9. The van der Waals surface area contributed by atoms with E-state index in [4.69, 9.17) is 23.2 Å². The van der Waals surface area contributed by atoms with E-state index >= 15 is 0 Å².